The van der Waals surface area contributed by atoms with Gasteiger partial charge in [0.15, 0.2) is 0 Å². The molecule has 0 aromatic carbocycles. The van der Waals surface area contributed by atoms with Gasteiger partial charge in [0.25, 0.3) is 0 Å². The van der Waals surface area contributed by atoms with E-state index in [1.165, 1.54) is 18.3 Å². The lowest BCUT2D eigenvalue weighted by Gasteiger charge is -2.35. The molecule has 1 aliphatic rings. The molecule has 18 heavy (non-hydrogen) atoms. The highest BCUT2D eigenvalue weighted by atomic mass is 16.5. The largest absolute Gasteiger partial charge is 0.469 e. The fourth-order valence-corrected chi connectivity index (χ4v) is 2.54. The summed E-state index contributed by atoms with van der Waals surface area (Å²) in [5.41, 5.74) is 2.52. The summed E-state index contributed by atoms with van der Waals surface area (Å²) in [6, 6.07) is 0. The van der Waals surface area contributed by atoms with Crippen LogP contribution in [0.4, 0.5) is 0 Å². The van der Waals surface area contributed by atoms with Crippen molar-refractivity contribution in [2.45, 2.75) is 53.4 Å². The lowest BCUT2D eigenvalue weighted by Crippen LogP contribution is -2.37. The molecule has 2 atom stereocenters. The zero-order chi connectivity index (χ0) is 13.8. The highest BCUT2D eigenvalue weighted by Crippen LogP contribution is 2.41. The lowest BCUT2D eigenvalue weighted by atomic mass is 9.69. The van der Waals surface area contributed by atoms with E-state index in [-0.39, 0.29) is 17.3 Å². The van der Waals surface area contributed by atoms with Crippen molar-refractivity contribution in [3.05, 3.63) is 23.3 Å². The summed E-state index contributed by atoms with van der Waals surface area (Å²) in [4.78, 5) is 11.8. The second-order valence-electron chi connectivity index (χ2n) is 5.84. The molecule has 0 amide bonds. The molecular weight excluding hydrogens is 224 g/mol. The molecule has 0 radical (unpaired) electrons. The van der Waals surface area contributed by atoms with Crippen LogP contribution in [0.25, 0.3) is 0 Å². The van der Waals surface area contributed by atoms with Gasteiger partial charge in [-0.2, -0.15) is 0 Å². The summed E-state index contributed by atoms with van der Waals surface area (Å²) in [5, 5.41) is 0. The van der Waals surface area contributed by atoms with E-state index in [2.05, 4.69) is 32.9 Å². The van der Waals surface area contributed by atoms with Crippen molar-refractivity contribution in [1.29, 1.82) is 0 Å². The molecule has 0 fully saturated rings. The number of carbonyl (C=O) groups is 1. The van der Waals surface area contributed by atoms with E-state index >= 15 is 0 Å². The van der Waals surface area contributed by atoms with Gasteiger partial charge in [-0.1, -0.05) is 30.2 Å². The summed E-state index contributed by atoms with van der Waals surface area (Å²) >= 11 is 0. The SMILES string of the molecule is COC(=O)[C@]1(C)CCC(CCC=C(C)C)=C[C@@H]1C. The van der Waals surface area contributed by atoms with Gasteiger partial charge in [-0.05, 0) is 52.4 Å². The Hall–Kier alpha value is -1.05. The molecule has 1 rings (SSSR count). The third-order valence-electron chi connectivity index (χ3n) is 4.13. The minimum absolute atomic E-state index is 0.0744. The fraction of sp³-hybridized carbons (Fsp3) is 0.688. The first-order valence-corrected chi connectivity index (χ1v) is 6.81. The number of esters is 1. The monoisotopic (exact) mass is 250 g/mol. The van der Waals surface area contributed by atoms with Crippen LogP contribution in [0.5, 0.6) is 0 Å². The van der Waals surface area contributed by atoms with E-state index in [0.29, 0.717) is 0 Å². The lowest BCUT2D eigenvalue weighted by molar-refractivity contribution is -0.154. The predicted molar refractivity (Wildman–Crippen MR) is 75.3 cm³/mol. The highest BCUT2D eigenvalue weighted by Gasteiger charge is 2.40. The molecule has 2 heteroatoms. The Morgan fingerprint density at radius 1 is 1.56 bits per heavy atom. The van der Waals surface area contributed by atoms with Crippen LogP contribution >= 0.6 is 0 Å². The topological polar surface area (TPSA) is 26.3 Å². The van der Waals surface area contributed by atoms with Gasteiger partial charge in [-0.25, -0.2) is 0 Å². The van der Waals surface area contributed by atoms with Crippen LogP contribution < -0.4 is 0 Å². The highest BCUT2D eigenvalue weighted by molar-refractivity contribution is 5.77. The standard InChI is InChI=1S/C16H26O2/c1-12(2)7-6-8-14-9-10-16(4,13(3)11-14)15(17)18-5/h7,11,13H,6,8-10H2,1-5H3/t13-,16+/m0/s1. The Kier molecular flexibility index (Phi) is 5.18. The normalized spacial score (nSPS) is 27.4. The van der Waals surface area contributed by atoms with Crippen LogP contribution in [-0.4, -0.2) is 13.1 Å². The van der Waals surface area contributed by atoms with E-state index < -0.39 is 0 Å². The Balaban J connectivity index is 2.66. The van der Waals surface area contributed by atoms with Crippen molar-refractivity contribution in [2.75, 3.05) is 7.11 Å². The van der Waals surface area contributed by atoms with Gasteiger partial charge in [-0.3, -0.25) is 4.79 Å². The minimum atomic E-state index is -0.339. The summed E-state index contributed by atoms with van der Waals surface area (Å²) in [6.07, 6.45) is 8.70. The molecule has 0 aliphatic heterocycles. The van der Waals surface area contributed by atoms with Crippen molar-refractivity contribution in [2.24, 2.45) is 11.3 Å². The molecule has 0 bridgehead atoms. The van der Waals surface area contributed by atoms with Crippen molar-refractivity contribution in [1.82, 2.24) is 0 Å². The number of allylic oxidation sites excluding steroid dienone is 4. The molecule has 0 aromatic rings. The summed E-state index contributed by atoms with van der Waals surface area (Å²) in [5.74, 6) is 0.190. The Labute approximate surface area is 111 Å². The van der Waals surface area contributed by atoms with Crippen molar-refractivity contribution in [3.63, 3.8) is 0 Å². The van der Waals surface area contributed by atoms with Gasteiger partial charge in [0, 0.05) is 0 Å². The summed E-state index contributed by atoms with van der Waals surface area (Å²) < 4.78 is 4.93. The van der Waals surface area contributed by atoms with E-state index in [9.17, 15) is 4.79 Å². The summed E-state index contributed by atoms with van der Waals surface area (Å²) in [7, 11) is 1.48. The van der Waals surface area contributed by atoms with Crippen LogP contribution in [0.2, 0.25) is 0 Å². The van der Waals surface area contributed by atoms with Crippen molar-refractivity contribution >= 4 is 5.97 Å². The van der Waals surface area contributed by atoms with Gasteiger partial charge in [0.1, 0.15) is 0 Å². The second kappa shape index (κ2) is 6.21. The molecule has 102 valence electrons. The van der Waals surface area contributed by atoms with Crippen LogP contribution in [0.15, 0.2) is 23.3 Å². The average Bonchev–Trinajstić information content (AvgIpc) is 2.32. The summed E-state index contributed by atoms with van der Waals surface area (Å²) in [6.45, 7) is 8.41. The Morgan fingerprint density at radius 3 is 2.72 bits per heavy atom. The van der Waals surface area contributed by atoms with Crippen LogP contribution in [0.1, 0.15) is 53.4 Å². The second-order valence-corrected chi connectivity index (χ2v) is 5.84. The predicted octanol–water partition coefficient (Wildman–Crippen LogP) is 4.27. The van der Waals surface area contributed by atoms with E-state index in [0.717, 1.165) is 25.7 Å². The van der Waals surface area contributed by atoms with Crippen LogP contribution in [-0.2, 0) is 9.53 Å². The first kappa shape index (κ1) is 15.0. The molecule has 0 spiro atoms. The van der Waals surface area contributed by atoms with Crippen LogP contribution in [0, 0.1) is 11.3 Å². The maximum Gasteiger partial charge on any atom is 0.312 e. The van der Waals surface area contributed by atoms with E-state index in [1.807, 2.05) is 6.92 Å². The van der Waals surface area contributed by atoms with Crippen LogP contribution in [0.3, 0.4) is 0 Å². The van der Waals surface area contributed by atoms with Crippen molar-refractivity contribution in [3.8, 4) is 0 Å². The number of hydrogen-bond donors (Lipinski definition) is 0. The van der Waals surface area contributed by atoms with Gasteiger partial charge >= 0.3 is 5.97 Å². The quantitative estimate of drug-likeness (QED) is 0.550. The third-order valence-corrected chi connectivity index (χ3v) is 4.13. The van der Waals surface area contributed by atoms with Gasteiger partial charge in [-0.15, -0.1) is 0 Å². The average molecular weight is 250 g/mol. The molecule has 0 aromatic heterocycles. The molecule has 0 saturated heterocycles. The molecule has 0 unspecified atom stereocenters. The van der Waals surface area contributed by atoms with Gasteiger partial charge in [0.05, 0.1) is 12.5 Å². The maximum atomic E-state index is 11.8. The zero-order valence-electron chi connectivity index (χ0n) is 12.4. The number of carbonyl (C=O) groups excluding carboxylic acids is 1. The molecule has 0 N–H and O–H groups in total. The zero-order valence-corrected chi connectivity index (χ0v) is 12.4. The van der Waals surface area contributed by atoms with Gasteiger partial charge in [0.2, 0.25) is 0 Å². The number of rotatable bonds is 4. The molecular formula is C16H26O2. The molecule has 1 aliphatic carbocycles. The van der Waals surface area contributed by atoms with Crippen molar-refractivity contribution < 1.29 is 9.53 Å². The Morgan fingerprint density at radius 2 is 2.22 bits per heavy atom. The first-order valence-electron chi connectivity index (χ1n) is 6.81. The molecule has 0 heterocycles. The van der Waals surface area contributed by atoms with E-state index in [4.69, 9.17) is 4.74 Å². The first-order chi connectivity index (χ1) is 8.40. The molecule has 2 nitrogen and oxygen atoms in total. The number of methoxy groups -OCH3 is 1. The number of hydrogen-bond acceptors (Lipinski definition) is 2. The van der Waals surface area contributed by atoms with E-state index in [1.54, 1.807) is 0 Å². The fourth-order valence-electron chi connectivity index (χ4n) is 2.54. The Bertz CT molecular complexity index is 361. The third kappa shape index (κ3) is 3.47. The maximum absolute atomic E-state index is 11.8. The van der Waals surface area contributed by atoms with Gasteiger partial charge < -0.3 is 4.74 Å². The number of ether oxygens (including phenoxy) is 1. The minimum Gasteiger partial charge on any atom is -0.469 e. The smallest absolute Gasteiger partial charge is 0.312 e. The molecule has 0 saturated carbocycles.